The number of thioether (sulfide) groups is 2. The largest absolute Gasteiger partial charge is 0.493 e. The van der Waals surface area contributed by atoms with E-state index in [0.717, 1.165) is 64.2 Å². The summed E-state index contributed by atoms with van der Waals surface area (Å²) in [5.74, 6) is 3.51. The van der Waals surface area contributed by atoms with E-state index in [4.69, 9.17) is 28.0 Å². The van der Waals surface area contributed by atoms with Crippen LogP contribution in [0.4, 0.5) is 0 Å². The zero-order valence-electron chi connectivity index (χ0n) is 40.0. The quantitative estimate of drug-likeness (QED) is 0.0515. The number of carbonyl (C=O) groups excluding carboxylic acids is 2. The molecule has 2 saturated carbocycles. The van der Waals surface area contributed by atoms with Gasteiger partial charge in [0, 0.05) is 23.6 Å². The van der Waals surface area contributed by atoms with Crippen LogP contribution in [0.15, 0.2) is 63.0 Å². The fraction of sp³-hybridized carbons (Fsp3) is 0.667. The fourth-order valence-corrected chi connectivity index (χ4v) is 8.86. The van der Waals surface area contributed by atoms with Crippen molar-refractivity contribution < 1.29 is 37.6 Å². The van der Waals surface area contributed by atoms with Crippen molar-refractivity contribution in [2.75, 3.05) is 37.9 Å². The Morgan fingerprint density at radius 3 is 1.42 bits per heavy atom. The molecule has 4 atom stereocenters. The summed E-state index contributed by atoms with van der Waals surface area (Å²) in [7, 11) is 0. The summed E-state index contributed by atoms with van der Waals surface area (Å²) in [5.41, 5.74) is -1.49. The van der Waals surface area contributed by atoms with E-state index in [0.29, 0.717) is 107 Å². The average Bonchev–Trinajstić information content (AvgIpc) is 4.23. The van der Waals surface area contributed by atoms with Crippen molar-refractivity contribution in [3.05, 3.63) is 56.6 Å². The predicted molar refractivity (Wildman–Crippen MR) is 263 cm³/mol. The molecule has 18 heteroatoms. The Morgan fingerprint density at radius 1 is 0.682 bits per heavy atom. The standard InChI is InChI=1S/2C24H35N3O5S/c2*1-5-7-11-31-27-16(3)22-26-24(4,15-33-22)23(29)25-19(8-6-2)20-12-18(13-21(28)32-20)30-14-17-9-10-17/h2*12-13,17,19H,5-11,14-15H2,1-4H3,(H,25,29)/b2*27-16+/t2*19-,24+/m11/s1. The molecule has 0 bridgehead atoms. The van der Waals surface area contributed by atoms with Crippen molar-refractivity contribution in [1.29, 1.82) is 0 Å². The summed E-state index contributed by atoms with van der Waals surface area (Å²) < 4.78 is 22.4. The molecule has 2 aromatic rings. The smallest absolute Gasteiger partial charge is 0.339 e. The number of hydrogen-bond donors (Lipinski definition) is 2. The van der Waals surface area contributed by atoms with Gasteiger partial charge in [-0.15, -0.1) is 23.5 Å². The molecule has 2 aliphatic carbocycles. The normalized spacial score (nSPS) is 21.5. The third-order valence-corrected chi connectivity index (χ3v) is 13.9. The van der Waals surface area contributed by atoms with E-state index in [9.17, 15) is 19.2 Å². The van der Waals surface area contributed by atoms with Crippen molar-refractivity contribution in [2.45, 2.75) is 156 Å². The molecule has 0 saturated heterocycles. The zero-order chi connectivity index (χ0) is 47.7. The number of amides is 2. The van der Waals surface area contributed by atoms with Gasteiger partial charge in [-0.05, 0) is 90.9 Å². The molecule has 2 aromatic heterocycles. The fourth-order valence-electron chi connectivity index (χ4n) is 6.61. The first-order valence-corrected chi connectivity index (χ1v) is 25.6. The molecule has 0 aromatic carbocycles. The molecular weight excluding hydrogens is 885 g/mol. The van der Waals surface area contributed by atoms with Gasteiger partial charge in [0.15, 0.2) is 0 Å². The number of carbonyl (C=O) groups is 2. The van der Waals surface area contributed by atoms with Gasteiger partial charge in [-0.25, -0.2) is 9.59 Å². The summed E-state index contributed by atoms with van der Waals surface area (Å²) in [6, 6.07) is 5.27. The lowest BCUT2D eigenvalue weighted by molar-refractivity contribution is -0.126. The van der Waals surface area contributed by atoms with Gasteiger partial charge in [0.25, 0.3) is 0 Å². The summed E-state index contributed by atoms with van der Waals surface area (Å²) in [6.45, 7) is 17.8. The monoisotopic (exact) mass is 954 g/mol. The molecule has 4 heterocycles. The van der Waals surface area contributed by atoms with Gasteiger partial charge in [-0.2, -0.15) is 0 Å². The predicted octanol–water partition coefficient (Wildman–Crippen LogP) is 8.97. The molecule has 2 amide bonds. The third-order valence-electron chi connectivity index (χ3n) is 11.2. The van der Waals surface area contributed by atoms with Gasteiger partial charge in [-0.1, -0.05) is 63.7 Å². The Bertz CT molecular complexity index is 2030. The first-order chi connectivity index (χ1) is 31.7. The first kappa shape index (κ1) is 52.4. The molecule has 2 aliphatic heterocycles. The van der Waals surface area contributed by atoms with Crippen molar-refractivity contribution in [1.82, 2.24) is 10.6 Å². The van der Waals surface area contributed by atoms with Crippen molar-refractivity contribution in [2.24, 2.45) is 32.1 Å². The highest BCUT2D eigenvalue weighted by molar-refractivity contribution is 8.16. The van der Waals surface area contributed by atoms with Gasteiger partial charge in [0.05, 0.1) is 37.4 Å². The molecule has 0 spiro atoms. The van der Waals surface area contributed by atoms with E-state index in [2.05, 4.69) is 44.8 Å². The molecular formula is C48H70N6O10S2. The minimum Gasteiger partial charge on any atom is -0.493 e. The van der Waals surface area contributed by atoms with Gasteiger partial charge in [0.2, 0.25) is 11.8 Å². The molecule has 2 N–H and O–H groups in total. The van der Waals surface area contributed by atoms with E-state index in [-0.39, 0.29) is 11.8 Å². The van der Waals surface area contributed by atoms with Crippen LogP contribution in [0.5, 0.6) is 11.5 Å². The lowest BCUT2D eigenvalue weighted by atomic mass is 10.0. The van der Waals surface area contributed by atoms with Crippen LogP contribution in [-0.2, 0) is 19.3 Å². The minimum absolute atomic E-state index is 0.213. The molecule has 6 rings (SSSR count). The van der Waals surface area contributed by atoms with Crippen LogP contribution in [0.3, 0.4) is 0 Å². The molecule has 0 radical (unpaired) electrons. The molecule has 0 unspecified atom stereocenters. The van der Waals surface area contributed by atoms with Crippen LogP contribution in [0.2, 0.25) is 0 Å². The summed E-state index contributed by atoms with van der Waals surface area (Å²) in [6.07, 6.45) is 11.5. The lowest BCUT2D eigenvalue weighted by Gasteiger charge is -2.24. The second-order valence-electron chi connectivity index (χ2n) is 17.9. The van der Waals surface area contributed by atoms with E-state index in [1.54, 1.807) is 12.1 Å². The number of hydrogen-bond acceptors (Lipinski definition) is 16. The first-order valence-electron chi connectivity index (χ1n) is 23.7. The van der Waals surface area contributed by atoms with Crippen LogP contribution < -0.4 is 31.4 Å². The van der Waals surface area contributed by atoms with Crippen molar-refractivity contribution in [3.63, 3.8) is 0 Å². The second kappa shape index (κ2) is 25.5. The molecule has 16 nitrogen and oxygen atoms in total. The Balaban J connectivity index is 0.000000247. The van der Waals surface area contributed by atoms with E-state index >= 15 is 0 Å². The highest BCUT2D eigenvalue weighted by atomic mass is 32.2. The lowest BCUT2D eigenvalue weighted by Crippen LogP contribution is -2.45. The molecule has 66 heavy (non-hydrogen) atoms. The molecule has 2 fully saturated rings. The number of rotatable bonds is 26. The van der Waals surface area contributed by atoms with Gasteiger partial charge in [0.1, 0.15) is 68.8 Å². The topological polar surface area (TPSA) is 205 Å². The van der Waals surface area contributed by atoms with Crippen molar-refractivity contribution in [3.8, 4) is 11.5 Å². The van der Waals surface area contributed by atoms with Crippen LogP contribution in [0.25, 0.3) is 0 Å². The number of nitrogens with zero attached hydrogens (tertiary/aromatic N) is 4. The van der Waals surface area contributed by atoms with Crippen LogP contribution in [0.1, 0.15) is 156 Å². The van der Waals surface area contributed by atoms with Crippen molar-refractivity contribution >= 4 is 56.8 Å². The van der Waals surface area contributed by atoms with Crippen LogP contribution >= 0.6 is 23.5 Å². The van der Waals surface area contributed by atoms with Gasteiger partial charge in [-0.3, -0.25) is 19.6 Å². The Labute approximate surface area is 397 Å². The summed E-state index contributed by atoms with van der Waals surface area (Å²) in [4.78, 5) is 70.7. The SMILES string of the molecule is CCCCO/N=C(\C)C1=N[C@](C)(C(=O)N[C@H](CCC)c2cc(OCC3CC3)cc(=O)o2)CS1.CCCCO/N=C(\C)C1=N[C@](C)(C(=O)N[C@H](CCC)c2cc(OCC3CC3)cc(=O)o2)CS1. The molecule has 4 aliphatic rings. The van der Waals surface area contributed by atoms with E-state index < -0.39 is 34.4 Å². The highest BCUT2D eigenvalue weighted by Gasteiger charge is 2.41. The minimum atomic E-state index is -0.938. The number of ether oxygens (including phenoxy) is 2. The Kier molecular flexibility index (Phi) is 20.3. The van der Waals surface area contributed by atoms with Crippen LogP contribution in [-0.4, -0.2) is 82.3 Å². The third kappa shape index (κ3) is 16.3. The number of nitrogens with one attached hydrogen (secondary N) is 2. The summed E-state index contributed by atoms with van der Waals surface area (Å²) in [5, 5.41) is 15.8. The maximum absolute atomic E-state index is 13.2. The van der Waals surface area contributed by atoms with Gasteiger partial charge >= 0.3 is 11.3 Å². The highest BCUT2D eigenvalue weighted by Crippen LogP contribution is 2.34. The van der Waals surface area contributed by atoms with E-state index in [1.165, 1.54) is 35.7 Å². The second-order valence-corrected chi connectivity index (χ2v) is 19.8. The summed E-state index contributed by atoms with van der Waals surface area (Å²) >= 11 is 2.98. The molecule has 364 valence electrons. The number of unbranched alkanes of at least 4 members (excludes halogenated alkanes) is 2. The Hall–Kier alpha value is -4.58. The Morgan fingerprint density at radius 2 is 1.08 bits per heavy atom. The van der Waals surface area contributed by atoms with Crippen LogP contribution in [0, 0.1) is 11.8 Å². The number of aliphatic imine (C=N–C) groups is 2. The zero-order valence-corrected chi connectivity index (χ0v) is 41.7. The van der Waals surface area contributed by atoms with E-state index in [1.807, 2.05) is 41.5 Å². The average molecular weight is 955 g/mol. The maximum Gasteiger partial charge on any atom is 0.339 e. The van der Waals surface area contributed by atoms with Gasteiger partial charge < -0.3 is 38.6 Å². The maximum atomic E-state index is 13.2. The number of oxime groups is 2.